The molecule has 0 saturated heterocycles. The Kier molecular flexibility index (Phi) is 7.50. The normalized spacial score (nSPS) is 12.6. The Morgan fingerprint density at radius 3 is 2.59 bits per heavy atom. The van der Waals surface area contributed by atoms with Gasteiger partial charge in [0.05, 0.1) is 0 Å². The van der Waals surface area contributed by atoms with Gasteiger partial charge in [-0.05, 0) is 30.0 Å². The summed E-state index contributed by atoms with van der Waals surface area (Å²) in [4.78, 5) is 0. The topological polar surface area (TPSA) is 0 Å². The standard InChI is InChI=1S/C15H22BrF/c1-2-3-4-5-6-8-14(12-16)13-9-7-10-15(17)11-13/h7,9-11,14H,2-6,8,12H2,1H3. The Bertz CT molecular complexity index is 312. The SMILES string of the molecule is CCCCCCCC(CBr)c1cccc(F)c1. The van der Waals surface area contributed by atoms with Gasteiger partial charge in [0.1, 0.15) is 5.82 Å². The molecular weight excluding hydrogens is 279 g/mol. The molecule has 96 valence electrons. The van der Waals surface area contributed by atoms with Gasteiger partial charge in [-0.25, -0.2) is 4.39 Å². The lowest BCUT2D eigenvalue weighted by atomic mass is 9.94. The third kappa shape index (κ3) is 5.67. The van der Waals surface area contributed by atoms with Crippen LogP contribution in [0.25, 0.3) is 0 Å². The van der Waals surface area contributed by atoms with Crippen molar-refractivity contribution in [1.29, 1.82) is 0 Å². The van der Waals surface area contributed by atoms with Crippen molar-refractivity contribution in [1.82, 2.24) is 0 Å². The van der Waals surface area contributed by atoms with Gasteiger partial charge in [0.15, 0.2) is 0 Å². The second-order valence-corrected chi connectivity index (χ2v) is 5.26. The first kappa shape index (κ1) is 14.7. The van der Waals surface area contributed by atoms with E-state index in [9.17, 15) is 4.39 Å². The Morgan fingerprint density at radius 2 is 1.94 bits per heavy atom. The van der Waals surface area contributed by atoms with Crippen LogP contribution in [-0.2, 0) is 0 Å². The molecule has 0 heterocycles. The number of halogens is 2. The van der Waals surface area contributed by atoms with E-state index in [4.69, 9.17) is 0 Å². The van der Waals surface area contributed by atoms with Crippen molar-refractivity contribution in [3.63, 3.8) is 0 Å². The molecule has 0 bridgehead atoms. The highest BCUT2D eigenvalue weighted by Crippen LogP contribution is 2.25. The third-order valence-corrected chi connectivity index (χ3v) is 3.94. The molecule has 17 heavy (non-hydrogen) atoms. The van der Waals surface area contributed by atoms with Crippen LogP contribution in [0.3, 0.4) is 0 Å². The van der Waals surface area contributed by atoms with Crippen LogP contribution >= 0.6 is 15.9 Å². The highest BCUT2D eigenvalue weighted by Gasteiger charge is 2.10. The fraction of sp³-hybridized carbons (Fsp3) is 0.600. The van der Waals surface area contributed by atoms with Crippen LogP contribution < -0.4 is 0 Å². The van der Waals surface area contributed by atoms with Crippen molar-refractivity contribution in [2.24, 2.45) is 0 Å². The molecule has 1 rings (SSSR count). The summed E-state index contributed by atoms with van der Waals surface area (Å²) in [6.07, 6.45) is 7.64. The summed E-state index contributed by atoms with van der Waals surface area (Å²) < 4.78 is 13.1. The van der Waals surface area contributed by atoms with Gasteiger partial charge in [0, 0.05) is 5.33 Å². The minimum atomic E-state index is -0.126. The zero-order valence-corrected chi connectivity index (χ0v) is 12.2. The molecule has 1 aromatic carbocycles. The molecule has 1 unspecified atom stereocenters. The number of unbranched alkanes of at least 4 members (excludes halogenated alkanes) is 4. The molecule has 0 N–H and O–H groups in total. The van der Waals surface area contributed by atoms with Gasteiger partial charge in [-0.2, -0.15) is 0 Å². The van der Waals surface area contributed by atoms with E-state index in [1.165, 1.54) is 38.2 Å². The zero-order chi connectivity index (χ0) is 12.5. The van der Waals surface area contributed by atoms with Gasteiger partial charge < -0.3 is 0 Å². The van der Waals surface area contributed by atoms with Crippen LogP contribution in [0.2, 0.25) is 0 Å². The molecule has 0 radical (unpaired) electrons. The van der Waals surface area contributed by atoms with Crippen molar-refractivity contribution in [2.45, 2.75) is 51.4 Å². The molecular formula is C15H22BrF. The molecule has 1 atom stereocenters. The molecule has 0 aliphatic heterocycles. The summed E-state index contributed by atoms with van der Waals surface area (Å²) in [6.45, 7) is 2.23. The van der Waals surface area contributed by atoms with Gasteiger partial charge in [0.2, 0.25) is 0 Å². The van der Waals surface area contributed by atoms with E-state index >= 15 is 0 Å². The van der Waals surface area contributed by atoms with Gasteiger partial charge in [0.25, 0.3) is 0 Å². The molecule has 1 aromatic rings. The van der Waals surface area contributed by atoms with Gasteiger partial charge in [-0.3, -0.25) is 0 Å². The summed E-state index contributed by atoms with van der Waals surface area (Å²) in [6, 6.07) is 7.01. The maximum absolute atomic E-state index is 13.1. The van der Waals surface area contributed by atoms with Gasteiger partial charge in [-0.15, -0.1) is 0 Å². The monoisotopic (exact) mass is 300 g/mol. The number of alkyl halides is 1. The lowest BCUT2D eigenvalue weighted by molar-refractivity contribution is 0.567. The molecule has 0 fully saturated rings. The number of hydrogen-bond donors (Lipinski definition) is 0. The molecule has 0 amide bonds. The Labute approximate surface area is 113 Å². The molecule has 0 aliphatic carbocycles. The Hall–Kier alpha value is -0.370. The van der Waals surface area contributed by atoms with E-state index in [0.29, 0.717) is 5.92 Å². The first-order valence-electron chi connectivity index (χ1n) is 6.59. The van der Waals surface area contributed by atoms with E-state index in [0.717, 1.165) is 17.3 Å². The minimum Gasteiger partial charge on any atom is -0.207 e. The average Bonchev–Trinajstić information content (AvgIpc) is 2.34. The van der Waals surface area contributed by atoms with Crippen LogP contribution in [0.1, 0.15) is 56.9 Å². The van der Waals surface area contributed by atoms with Crippen molar-refractivity contribution in [2.75, 3.05) is 5.33 Å². The van der Waals surface area contributed by atoms with Crippen LogP contribution in [0.4, 0.5) is 4.39 Å². The summed E-state index contributed by atoms with van der Waals surface area (Å²) in [5.74, 6) is 0.326. The highest BCUT2D eigenvalue weighted by molar-refractivity contribution is 9.09. The Balaban J connectivity index is 2.38. The zero-order valence-electron chi connectivity index (χ0n) is 10.6. The highest BCUT2D eigenvalue weighted by atomic mass is 79.9. The summed E-state index contributed by atoms with van der Waals surface area (Å²) in [7, 11) is 0. The van der Waals surface area contributed by atoms with Crippen molar-refractivity contribution in [3.8, 4) is 0 Å². The third-order valence-electron chi connectivity index (χ3n) is 3.16. The van der Waals surface area contributed by atoms with E-state index in [1.54, 1.807) is 12.1 Å². The van der Waals surface area contributed by atoms with Crippen LogP contribution in [0.15, 0.2) is 24.3 Å². The second kappa shape index (κ2) is 8.68. The maximum atomic E-state index is 13.1. The quantitative estimate of drug-likeness (QED) is 0.429. The first-order valence-corrected chi connectivity index (χ1v) is 7.71. The molecule has 0 aliphatic rings. The summed E-state index contributed by atoms with van der Waals surface area (Å²) >= 11 is 3.54. The van der Waals surface area contributed by atoms with Gasteiger partial charge in [-0.1, -0.05) is 67.1 Å². The molecule has 0 spiro atoms. The number of benzene rings is 1. The van der Waals surface area contributed by atoms with Gasteiger partial charge >= 0.3 is 0 Å². The fourth-order valence-electron chi connectivity index (χ4n) is 2.09. The molecule has 0 saturated carbocycles. The van der Waals surface area contributed by atoms with Crippen molar-refractivity contribution >= 4 is 15.9 Å². The maximum Gasteiger partial charge on any atom is 0.123 e. The lowest BCUT2D eigenvalue weighted by Crippen LogP contribution is -2.01. The number of hydrogen-bond acceptors (Lipinski definition) is 0. The minimum absolute atomic E-state index is 0.126. The van der Waals surface area contributed by atoms with Crippen molar-refractivity contribution in [3.05, 3.63) is 35.6 Å². The smallest absolute Gasteiger partial charge is 0.123 e. The first-order chi connectivity index (χ1) is 8.27. The predicted molar refractivity (Wildman–Crippen MR) is 76.3 cm³/mol. The van der Waals surface area contributed by atoms with Crippen molar-refractivity contribution < 1.29 is 4.39 Å². The van der Waals surface area contributed by atoms with Crippen LogP contribution in [0.5, 0.6) is 0 Å². The predicted octanol–water partition coefficient (Wildman–Crippen LogP) is 5.66. The lowest BCUT2D eigenvalue weighted by Gasteiger charge is -2.14. The van der Waals surface area contributed by atoms with E-state index in [1.807, 2.05) is 6.07 Å². The summed E-state index contributed by atoms with van der Waals surface area (Å²) in [5.41, 5.74) is 1.12. The van der Waals surface area contributed by atoms with E-state index in [-0.39, 0.29) is 5.82 Å². The van der Waals surface area contributed by atoms with Crippen LogP contribution in [0, 0.1) is 5.82 Å². The molecule has 0 aromatic heterocycles. The molecule has 0 nitrogen and oxygen atoms in total. The fourth-order valence-corrected chi connectivity index (χ4v) is 2.79. The average molecular weight is 301 g/mol. The van der Waals surface area contributed by atoms with E-state index in [2.05, 4.69) is 22.9 Å². The van der Waals surface area contributed by atoms with Crippen LogP contribution in [-0.4, -0.2) is 5.33 Å². The largest absolute Gasteiger partial charge is 0.207 e. The Morgan fingerprint density at radius 1 is 1.18 bits per heavy atom. The second-order valence-electron chi connectivity index (χ2n) is 4.61. The number of rotatable bonds is 8. The molecule has 2 heteroatoms. The summed E-state index contributed by atoms with van der Waals surface area (Å²) in [5, 5.41) is 0.921. The van der Waals surface area contributed by atoms with E-state index < -0.39 is 0 Å².